The van der Waals surface area contributed by atoms with Gasteiger partial charge >= 0.3 is 0 Å². The molecule has 2 nitrogen and oxygen atoms in total. The highest BCUT2D eigenvalue weighted by molar-refractivity contribution is 4.50. The van der Waals surface area contributed by atoms with Crippen LogP contribution in [0.5, 0.6) is 0 Å². The van der Waals surface area contributed by atoms with Gasteiger partial charge < -0.3 is 10.2 Å². The summed E-state index contributed by atoms with van der Waals surface area (Å²) in [5.74, 6) is 0. The van der Waals surface area contributed by atoms with E-state index in [1.54, 1.807) is 0 Å². The van der Waals surface area contributed by atoms with Gasteiger partial charge in [-0.15, -0.1) is 0 Å². The molecule has 1 heterocycles. The quantitative estimate of drug-likeness (QED) is 0.506. The molecule has 66 valence electrons. The summed E-state index contributed by atoms with van der Waals surface area (Å²) >= 11 is 0. The first-order valence-electron chi connectivity index (χ1n) is 5.04. The van der Waals surface area contributed by atoms with Crippen molar-refractivity contribution >= 4 is 0 Å². The molecule has 0 saturated carbocycles. The van der Waals surface area contributed by atoms with Crippen molar-refractivity contribution in [1.29, 1.82) is 0 Å². The Balaban J connectivity index is 2.30. The fourth-order valence-electron chi connectivity index (χ4n) is 2.12. The molecule has 0 aromatic heterocycles. The van der Waals surface area contributed by atoms with Crippen LogP contribution >= 0.6 is 0 Å². The fraction of sp³-hybridized carbons (Fsp3) is 1.00. The molecule has 1 fully saturated rings. The summed E-state index contributed by atoms with van der Waals surface area (Å²) in [5, 5.41) is 2.44. The van der Waals surface area contributed by atoms with Crippen LogP contribution in [0.3, 0.4) is 0 Å². The zero-order valence-corrected chi connectivity index (χ0v) is 7.90. The highest BCUT2D eigenvalue weighted by Gasteiger charge is 2.22. The lowest BCUT2D eigenvalue weighted by molar-refractivity contribution is -0.967. The van der Waals surface area contributed by atoms with Crippen molar-refractivity contribution in [3.8, 4) is 0 Å². The summed E-state index contributed by atoms with van der Waals surface area (Å²) in [6.45, 7) is 10.1. The van der Waals surface area contributed by atoms with E-state index in [-0.39, 0.29) is 0 Å². The van der Waals surface area contributed by atoms with Gasteiger partial charge in [-0.3, -0.25) is 0 Å². The van der Waals surface area contributed by atoms with Crippen LogP contribution in [0.1, 0.15) is 26.7 Å². The number of quaternary nitrogens is 2. The number of rotatable bonds is 3. The first-order chi connectivity index (χ1) is 5.38. The number of hydrogen-bond donors (Lipinski definition) is 2. The molecule has 1 aliphatic heterocycles. The molecule has 0 radical (unpaired) electrons. The van der Waals surface area contributed by atoms with Crippen molar-refractivity contribution in [2.45, 2.75) is 32.7 Å². The molecule has 0 atom stereocenters. The zero-order valence-electron chi connectivity index (χ0n) is 7.90. The Morgan fingerprint density at radius 3 is 2.18 bits per heavy atom. The molecule has 0 spiro atoms. The van der Waals surface area contributed by atoms with E-state index in [0.717, 1.165) is 6.04 Å². The lowest BCUT2D eigenvalue weighted by Gasteiger charge is -2.28. The Bertz CT molecular complexity index is 93.7. The van der Waals surface area contributed by atoms with Crippen LogP contribution in [0.2, 0.25) is 0 Å². The average molecular weight is 158 g/mol. The van der Waals surface area contributed by atoms with E-state index in [9.17, 15) is 0 Å². The van der Waals surface area contributed by atoms with E-state index < -0.39 is 0 Å². The first-order valence-corrected chi connectivity index (χ1v) is 5.04. The van der Waals surface area contributed by atoms with Gasteiger partial charge in [0.1, 0.15) is 26.2 Å². The minimum Gasteiger partial charge on any atom is -0.337 e. The number of piperazine rings is 1. The average Bonchev–Trinajstić information content (AvgIpc) is 2.09. The van der Waals surface area contributed by atoms with Crippen LogP contribution in [0.25, 0.3) is 0 Å². The van der Waals surface area contributed by atoms with Crippen LogP contribution in [0.4, 0.5) is 0 Å². The number of nitrogens with two attached hydrogens (primary N) is 1. The first kappa shape index (κ1) is 9.01. The van der Waals surface area contributed by atoms with Crippen molar-refractivity contribution in [2.75, 3.05) is 26.2 Å². The van der Waals surface area contributed by atoms with E-state index >= 15 is 0 Å². The monoisotopic (exact) mass is 158 g/mol. The van der Waals surface area contributed by atoms with Crippen molar-refractivity contribution in [2.24, 2.45) is 0 Å². The third-order valence-corrected chi connectivity index (χ3v) is 2.90. The van der Waals surface area contributed by atoms with Gasteiger partial charge in [-0.05, 0) is 12.8 Å². The van der Waals surface area contributed by atoms with Gasteiger partial charge in [0.25, 0.3) is 0 Å². The van der Waals surface area contributed by atoms with Gasteiger partial charge in [-0.2, -0.15) is 0 Å². The maximum absolute atomic E-state index is 2.44. The largest absolute Gasteiger partial charge is 0.337 e. The van der Waals surface area contributed by atoms with E-state index in [2.05, 4.69) is 19.2 Å². The maximum atomic E-state index is 2.44. The number of nitrogens with one attached hydrogen (secondary N) is 1. The molecule has 0 amide bonds. The van der Waals surface area contributed by atoms with Crippen LogP contribution in [0, 0.1) is 0 Å². The van der Waals surface area contributed by atoms with Gasteiger partial charge in [0, 0.05) is 0 Å². The van der Waals surface area contributed by atoms with Gasteiger partial charge in [-0.25, -0.2) is 0 Å². The summed E-state index contributed by atoms with van der Waals surface area (Å²) in [5.41, 5.74) is 0. The second-order valence-electron chi connectivity index (χ2n) is 3.54. The molecular formula is C9H22N2+2. The Labute approximate surface area is 70.0 Å². The summed E-state index contributed by atoms with van der Waals surface area (Å²) < 4.78 is 0. The van der Waals surface area contributed by atoms with E-state index in [1.165, 1.54) is 39.0 Å². The Morgan fingerprint density at radius 1 is 1.18 bits per heavy atom. The summed E-state index contributed by atoms with van der Waals surface area (Å²) in [7, 11) is 0. The maximum Gasteiger partial charge on any atom is 0.127 e. The Morgan fingerprint density at radius 2 is 1.73 bits per heavy atom. The predicted octanol–water partition coefficient (Wildman–Crippen LogP) is -1.36. The molecule has 1 rings (SSSR count). The lowest BCUT2D eigenvalue weighted by atomic mass is 10.1. The van der Waals surface area contributed by atoms with Gasteiger partial charge in [-0.1, -0.05) is 13.8 Å². The minimum atomic E-state index is 0.934. The van der Waals surface area contributed by atoms with Crippen LogP contribution in [-0.4, -0.2) is 32.2 Å². The van der Waals surface area contributed by atoms with E-state index in [1.807, 2.05) is 4.90 Å². The molecule has 0 aromatic rings. The van der Waals surface area contributed by atoms with E-state index in [0.29, 0.717) is 0 Å². The normalized spacial score (nSPS) is 21.0. The number of hydrogen-bond acceptors (Lipinski definition) is 0. The lowest BCUT2D eigenvalue weighted by Crippen LogP contribution is -3.23. The Hall–Kier alpha value is -0.0800. The van der Waals surface area contributed by atoms with E-state index in [4.69, 9.17) is 0 Å². The SMILES string of the molecule is CCC(CC)[NH+]1CC[NH2+]CC1. The molecule has 1 aliphatic rings. The second kappa shape index (κ2) is 4.73. The fourth-order valence-corrected chi connectivity index (χ4v) is 2.12. The molecule has 0 aromatic carbocycles. The van der Waals surface area contributed by atoms with Crippen LogP contribution < -0.4 is 10.2 Å². The zero-order chi connectivity index (χ0) is 8.10. The molecule has 0 bridgehead atoms. The molecule has 11 heavy (non-hydrogen) atoms. The van der Waals surface area contributed by atoms with Gasteiger partial charge in [0.2, 0.25) is 0 Å². The predicted molar refractivity (Wildman–Crippen MR) is 46.7 cm³/mol. The molecule has 1 saturated heterocycles. The van der Waals surface area contributed by atoms with Gasteiger partial charge in [0.15, 0.2) is 0 Å². The van der Waals surface area contributed by atoms with Gasteiger partial charge in [0.05, 0.1) is 6.04 Å². The Kier molecular flexibility index (Phi) is 3.87. The molecule has 3 N–H and O–H groups in total. The molecule has 2 heteroatoms. The smallest absolute Gasteiger partial charge is 0.127 e. The topological polar surface area (TPSA) is 21.1 Å². The molecular weight excluding hydrogens is 136 g/mol. The van der Waals surface area contributed by atoms with Crippen molar-refractivity contribution in [3.05, 3.63) is 0 Å². The minimum absolute atomic E-state index is 0.934. The summed E-state index contributed by atoms with van der Waals surface area (Å²) in [6.07, 6.45) is 2.71. The molecule has 0 unspecified atom stereocenters. The van der Waals surface area contributed by atoms with Crippen LogP contribution in [0.15, 0.2) is 0 Å². The summed E-state index contributed by atoms with van der Waals surface area (Å²) in [4.78, 5) is 1.84. The third-order valence-electron chi connectivity index (χ3n) is 2.90. The van der Waals surface area contributed by atoms with Crippen molar-refractivity contribution < 1.29 is 10.2 Å². The van der Waals surface area contributed by atoms with Crippen molar-refractivity contribution in [3.63, 3.8) is 0 Å². The highest BCUT2D eigenvalue weighted by atomic mass is 15.2. The summed E-state index contributed by atoms with van der Waals surface area (Å²) in [6, 6.07) is 0.934. The second-order valence-corrected chi connectivity index (χ2v) is 3.54. The van der Waals surface area contributed by atoms with Crippen LogP contribution in [-0.2, 0) is 0 Å². The third kappa shape index (κ3) is 2.46. The highest BCUT2D eigenvalue weighted by Crippen LogP contribution is 1.90. The standard InChI is InChI=1S/C9H20N2/c1-3-9(4-2)11-7-5-10-6-8-11/h9-10H,3-8H2,1-2H3/p+2. The van der Waals surface area contributed by atoms with Crippen molar-refractivity contribution in [1.82, 2.24) is 0 Å². The molecule has 0 aliphatic carbocycles.